The summed E-state index contributed by atoms with van der Waals surface area (Å²) in [4.78, 5) is 26.1. The van der Waals surface area contributed by atoms with Gasteiger partial charge in [-0.2, -0.15) is 0 Å². The second-order valence-electron chi connectivity index (χ2n) is 8.79. The van der Waals surface area contributed by atoms with Crippen molar-refractivity contribution in [2.75, 3.05) is 44.3 Å². The first kappa shape index (κ1) is 23.4. The summed E-state index contributed by atoms with van der Waals surface area (Å²) in [5.41, 5.74) is 2.08. The number of amides is 1. The van der Waals surface area contributed by atoms with Crippen LogP contribution in [-0.4, -0.2) is 71.4 Å². The van der Waals surface area contributed by atoms with E-state index in [1.54, 1.807) is 30.2 Å². The summed E-state index contributed by atoms with van der Waals surface area (Å²) in [6.45, 7) is 4.55. The van der Waals surface area contributed by atoms with E-state index < -0.39 is 17.7 Å². The Kier molecular flexibility index (Phi) is 6.48. The Morgan fingerprint density at radius 3 is 2.66 bits per heavy atom. The van der Waals surface area contributed by atoms with Crippen molar-refractivity contribution < 1.29 is 28.2 Å². The lowest BCUT2D eigenvalue weighted by atomic mass is 10.0. The molecule has 3 heterocycles. The molecule has 0 spiro atoms. The molecular weight excluding hydrogens is 458 g/mol. The maximum Gasteiger partial charge on any atom is 0.253 e. The van der Waals surface area contributed by atoms with Crippen molar-refractivity contribution in [3.05, 3.63) is 59.3 Å². The van der Waals surface area contributed by atoms with E-state index in [1.807, 2.05) is 4.90 Å². The number of morpholine rings is 1. The van der Waals surface area contributed by atoms with E-state index in [1.165, 1.54) is 0 Å². The van der Waals surface area contributed by atoms with Crippen LogP contribution < -0.4 is 9.64 Å². The van der Waals surface area contributed by atoms with Crippen LogP contribution >= 0.6 is 0 Å². The number of halogens is 2. The van der Waals surface area contributed by atoms with Gasteiger partial charge in [-0.1, -0.05) is 0 Å². The maximum atomic E-state index is 13.7. The van der Waals surface area contributed by atoms with Crippen molar-refractivity contribution in [2.24, 2.45) is 0 Å². The van der Waals surface area contributed by atoms with Crippen LogP contribution in [0.4, 0.5) is 14.6 Å². The predicted octanol–water partition coefficient (Wildman–Crippen LogP) is 3.09. The molecule has 10 heteroatoms. The minimum absolute atomic E-state index is 0.0331. The molecular formula is C25H26F2N4O4. The largest absolute Gasteiger partial charge is 0.486 e. The second-order valence-corrected chi connectivity index (χ2v) is 8.79. The second kappa shape index (κ2) is 9.71. The number of likely N-dealkylation sites (tertiary alicyclic amines) is 1. The van der Waals surface area contributed by atoms with Crippen molar-refractivity contribution in [1.82, 2.24) is 14.9 Å². The lowest BCUT2D eigenvalue weighted by Gasteiger charge is -2.33. The van der Waals surface area contributed by atoms with Crippen molar-refractivity contribution in [2.45, 2.75) is 25.6 Å². The summed E-state index contributed by atoms with van der Waals surface area (Å²) >= 11 is 0. The molecule has 2 aliphatic heterocycles. The average molecular weight is 485 g/mol. The van der Waals surface area contributed by atoms with Crippen molar-refractivity contribution >= 4 is 22.8 Å². The first-order chi connectivity index (χ1) is 16.9. The van der Waals surface area contributed by atoms with Gasteiger partial charge in [0.1, 0.15) is 29.3 Å². The third-order valence-electron chi connectivity index (χ3n) is 6.31. The van der Waals surface area contributed by atoms with Crippen molar-refractivity contribution in [1.29, 1.82) is 0 Å². The number of nitrogens with zero attached hydrogens (tertiary/aromatic N) is 4. The van der Waals surface area contributed by atoms with Gasteiger partial charge < -0.3 is 24.4 Å². The number of ether oxygens (including phenoxy) is 2. The molecule has 35 heavy (non-hydrogen) atoms. The maximum absolute atomic E-state index is 13.7. The van der Waals surface area contributed by atoms with E-state index in [-0.39, 0.29) is 24.4 Å². The van der Waals surface area contributed by atoms with Gasteiger partial charge in [0.2, 0.25) is 0 Å². The quantitative estimate of drug-likeness (QED) is 0.575. The topological polar surface area (TPSA) is 88.0 Å². The first-order valence-corrected chi connectivity index (χ1v) is 11.6. The molecule has 5 rings (SSSR count). The van der Waals surface area contributed by atoms with Gasteiger partial charge in [-0.3, -0.25) is 9.78 Å². The smallest absolute Gasteiger partial charge is 0.253 e. The Labute approximate surface area is 201 Å². The normalized spacial score (nSPS) is 18.9. The third-order valence-corrected chi connectivity index (χ3v) is 6.31. The van der Waals surface area contributed by atoms with E-state index in [2.05, 4.69) is 4.98 Å². The minimum atomic E-state index is -0.744. The Morgan fingerprint density at radius 1 is 1.20 bits per heavy atom. The number of fused-ring (bicyclic) bond motifs is 1. The molecule has 2 saturated heterocycles. The zero-order valence-electron chi connectivity index (χ0n) is 19.3. The van der Waals surface area contributed by atoms with Gasteiger partial charge >= 0.3 is 0 Å². The number of hydrogen-bond donors (Lipinski definition) is 1. The highest BCUT2D eigenvalue weighted by molar-refractivity contribution is 5.98. The Morgan fingerprint density at radius 2 is 1.97 bits per heavy atom. The molecule has 8 nitrogen and oxygen atoms in total. The molecule has 184 valence electrons. The number of hydrogen-bond acceptors (Lipinski definition) is 7. The SMILES string of the molecule is CC(Oc1cc(F)cc(F)c1)c1cc(C(=O)N2CCC2)cc2ncc(N3CCO[C@H](CO)C3)nc12. The van der Waals surface area contributed by atoms with Crippen molar-refractivity contribution in [3.63, 3.8) is 0 Å². The number of carbonyl (C=O) groups is 1. The number of aromatic nitrogens is 2. The lowest BCUT2D eigenvalue weighted by Crippen LogP contribution is -2.44. The van der Waals surface area contributed by atoms with E-state index >= 15 is 0 Å². The van der Waals surface area contributed by atoms with E-state index in [4.69, 9.17) is 14.5 Å². The number of benzene rings is 2. The molecule has 1 unspecified atom stereocenters. The van der Waals surface area contributed by atoms with Gasteiger partial charge in [-0.05, 0) is 25.5 Å². The average Bonchev–Trinajstić information content (AvgIpc) is 2.81. The number of aliphatic hydroxyl groups excluding tert-OH is 1. The molecule has 0 radical (unpaired) electrons. The molecule has 1 N–H and O–H groups in total. The molecule has 1 amide bonds. The molecule has 3 aromatic rings. The van der Waals surface area contributed by atoms with Crippen LogP contribution in [0.5, 0.6) is 5.75 Å². The Balaban J connectivity index is 1.55. The van der Waals surface area contributed by atoms with Crippen LogP contribution in [0.2, 0.25) is 0 Å². The van der Waals surface area contributed by atoms with E-state index in [0.717, 1.165) is 24.6 Å². The molecule has 2 fully saturated rings. The highest BCUT2D eigenvalue weighted by atomic mass is 19.1. The third kappa shape index (κ3) is 4.89. The van der Waals surface area contributed by atoms with Gasteiger partial charge in [0.25, 0.3) is 5.91 Å². The molecule has 0 aliphatic carbocycles. The number of carbonyl (C=O) groups excluding carboxylic acids is 1. The number of aliphatic hydroxyl groups is 1. The lowest BCUT2D eigenvalue weighted by molar-refractivity contribution is 0.00336. The van der Waals surface area contributed by atoms with Crippen LogP contribution in [0.3, 0.4) is 0 Å². The first-order valence-electron chi connectivity index (χ1n) is 11.6. The summed E-state index contributed by atoms with van der Waals surface area (Å²) in [6, 6.07) is 6.42. The van der Waals surface area contributed by atoms with E-state index in [9.17, 15) is 18.7 Å². The number of anilines is 1. The van der Waals surface area contributed by atoms with Crippen LogP contribution in [0.15, 0.2) is 36.5 Å². The van der Waals surface area contributed by atoms with Gasteiger partial charge in [0.05, 0.1) is 36.5 Å². The monoisotopic (exact) mass is 484 g/mol. The van der Waals surface area contributed by atoms with Crippen molar-refractivity contribution in [3.8, 4) is 5.75 Å². The summed E-state index contributed by atoms with van der Waals surface area (Å²) in [7, 11) is 0. The summed E-state index contributed by atoms with van der Waals surface area (Å²) in [5, 5.41) is 9.48. The fourth-order valence-electron chi connectivity index (χ4n) is 4.32. The minimum Gasteiger partial charge on any atom is -0.486 e. The van der Waals surface area contributed by atoms with Gasteiger partial charge in [-0.15, -0.1) is 0 Å². The molecule has 0 bridgehead atoms. The Bertz CT molecular complexity index is 1230. The van der Waals surface area contributed by atoms with Crippen LogP contribution in [-0.2, 0) is 4.74 Å². The molecule has 0 saturated carbocycles. The van der Waals surface area contributed by atoms with Crippen LogP contribution in [0.25, 0.3) is 11.0 Å². The highest BCUT2D eigenvalue weighted by Gasteiger charge is 2.26. The van der Waals surface area contributed by atoms with Gasteiger partial charge in [0.15, 0.2) is 0 Å². The molecule has 2 atom stereocenters. The van der Waals surface area contributed by atoms with E-state index in [0.29, 0.717) is 60.8 Å². The summed E-state index contributed by atoms with van der Waals surface area (Å²) < 4.78 is 38.9. The summed E-state index contributed by atoms with van der Waals surface area (Å²) in [5.74, 6) is -0.955. The van der Waals surface area contributed by atoms with Gasteiger partial charge in [-0.25, -0.2) is 13.8 Å². The fourth-order valence-corrected chi connectivity index (χ4v) is 4.32. The highest BCUT2D eigenvalue weighted by Crippen LogP contribution is 2.31. The number of rotatable bonds is 6. The van der Waals surface area contributed by atoms with Gasteiger partial charge in [0, 0.05) is 55.5 Å². The molecule has 2 aromatic carbocycles. The standard InChI is InChI=1S/C25H26F2N4O4/c1-15(35-19-10-17(26)9-18(27)11-19)21-7-16(25(33)30-3-2-4-30)8-22-24(21)29-23(12-28-22)31-5-6-34-20(13-31)14-32/h7-12,15,20,32H,2-6,13-14H2,1H3/t15?,20-/m0/s1. The zero-order chi connectivity index (χ0) is 24.5. The fraction of sp³-hybridized carbons (Fsp3) is 0.400. The van der Waals surface area contributed by atoms with Crippen LogP contribution in [0.1, 0.15) is 35.4 Å². The van der Waals surface area contributed by atoms with Crippen LogP contribution in [0, 0.1) is 11.6 Å². The summed E-state index contributed by atoms with van der Waals surface area (Å²) in [6.07, 6.45) is 1.61. The molecule has 1 aromatic heterocycles. The Hall–Kier alpha value is -3.37. The zero-order valence-corrected chi connectivity index (χ0v) is 19.3. The predicted molar refractivity (Wildman–Crippen MR) is 124 cm³/mol. The molecule has 2 aliphatic rings.